The number of imidazole rings is 2. The van der Waals surface area contributed by atoms with Gasteiger partial charge in [-0.15, -0.1) is 0 Å². The van der Waals surface area contributed by atoms with Crippen LogP contribution in [0.3, 0.4) is 0 Å². The van der Waals surface area contributed by atoms with Crippen molar-refractivity contribution in [2.75, 3.05) is 23.7 Å². The van der Waals surface area contributed by atoms with E-state index in [0.717, 1.165) is 119 Å². The van der Waals surface area contributed by atoms with E-state index in [4.69, 9.17) is 20.2 Å². The minimum absolute atomic E-state index is 0.433. The molecular formula is C55H72N12. The lowest BCUT2D eigenvalue weighted by Crippen LogP contribution is -2.44. The van der Waals surface area contributed by atoms with Gasteiger partial charge in [0.25, 0.3) is 0 Å². The van der Waals surface area contributed by atoms with Crippen LogP contribution in [0.25, 0.3) is 39.2 Å². The summed E-state index contributed by atoms with van der Waals surface area (Å²) in [5.41, 5.74) is 15.9. The van der Waals surface area contributed by atoms with Gasteiger partial charge < -0.3 is 25.1 Å². The largest absolute Gasteiger partial charge is 0.382 e. The Hall–Kier alpha value is -5.88. The normalized spacial score (nSPS) is 21.0. The predicted octanol–water partition coefficient (Wildman–Crippen LogP) is 11.0. The molecule has 352 valence electrons. The van der Waals surface area contributed by atoms with Gasteiger partial charge in [0.15, 0.2) is 0 Å². The van der Waals surface area contributed by atoms with E-state index in [1.165, 1.54) is 92.2 Å². The van der Waals surface area contributed by atoms with Crippen molar-refractivity contribution in [1.29, 1.82) is 0 Å². The predicted molar refractivity (Wildman–Crippen MR) is 276 cm³/mol. The van der Waals surface area contributed by atoms with Gasteiger partial charge in [0.05, 0.1) is 56.2 Å². The molecule has 3 atom stereocenters. The molecular weight excluding hydrogens is 829 g/mol. The van der Waals surface area contributed by atoms with Gasteiger partial charge in [-0.25, -0.2) is 9.97 Å². The van der Waals surface area contributed by atoms with E-state index in [1.54, 1.807) is 0 Å². The van der Waals surface area contributed by atoms with E-state index in [0.29, 0.717) is 25.2 Å². The zero-order valence-electron chi connectivity index (χ0n) is 40.8. The van der Waals surface area contributed by atoms with Gasteiger partial charge in [0.1, 0.15) is 0 Å². The quantitative estimate of drug-likeness (QED) is 0.104. The Kier molecular flexibility index (Phi) is 12.8. The fourth-order valence-electron chi connectivity index (χ4n) is 12.1. The smallest absolute Gasteiger partial charge is 0.208 e. The zero-order chi connectivity index (χ0) is 46.3. The summed E-state index contributed by atoms with van der Waals surface area (Å²) in [5, 5.41) is 20.7. The molecule has 6 aromatic rings. The molecule has 2 aromatic carbocycles. The zero-order valence-corrected chi connectivity index (χ0v) is 40.8. The number of hydrogen-bond acceptors (Lipinski definition) is 8. The van der Waals surface area contributed by atoms with Crippen LogP contribution < -0.4 is 16.0 Å². The summed E-state index contributed by atoms with van der Waals surface area (Å²) in [7, 11) is 0. The van der Waals surface area contributed by atoms with E-state index in [2.05, 4.69) is 119 Å². The topological polar surface area (TPSA) is 111 Å². The number of rotatable bonds is 12. The second-order valence-electron chi connectivity index (χ2n) is 20.2. The van der Waals surface area contributed by atoms with E-state index < -0.39 is 0 Å². The molecule has 2 aliphatic heterocycles. The second-order valence-corrected chi connectivity index (χ2v) is 20.2. The van der Waals surface area contributed by atoms with Crippen LogP contribution in [-0.2, 0) is 39.0 Å². The molecule has 3 N–H and O–H groups in total. The number of nitrogens with one attached hydrogen (secondary N) is 3. The minimum Gasteiger partial charge on any atom is -0.382 e. The summed E-state index contributed by atoms with van der Waals surface area (Å²) in [6.45, 7) is 29.5. The molecule has 2 bridgehead atoms. The van der Waals surface area contributed by atoms with Crippen molar-refractivity contribution in [3.63, 3.8) is 0 Å². The molecule has 0 radical (unpaired) electrons. The highest BCUT2D eigenvalue weighted by atomic mass is 15.3. The number of piperidine rings is 1. The molecule has 12 nitrogen and oxygen atoms in total. The Morgan fingerprint density at radius 1 is 0.627 bits per heavy atom. The average Bonchev–Trinajstić information content (AvgIpc) is 4.14. The Morgan fingerprint density at radius 2 is 1.16 bits per heavy atom. The van der Waals surface area contributed by atoms with Gasteiger partial charge in [0.2, 0.25) is 11.9 Å². The van der Waals surface area contributed by atoms with Gasteiger partial charge in [0, 0.05) is 57.0 Å². The van der Waals surface area contributed by atoms with E-state index in [1.807, 2.05) is 23.2 Å². The van der Waals surface area contributed by atoms with Crippen LogP contribution in [0.5, 0.6) is 0 Å². The number of aromatic nitrogens is 8. The molecule has 3 unspecified atom stereocenters. The maximum absolute atomic E-state index is 5.44. The fourth-order valence-corrected chi connectivity index (χ4v) is 12.1. The number of nitrogens with zero attached hydrogens (tertiary/aromatic N) is 9. The van der Waals surface area contributed by atoms with Gasteiger partial charge in [-0.05, 0) is 157 Å². The summed E-state index contributed by atoms with van der Waals surface area (Å²) in [5.74, 6) is 3.18. The molecule has 0 spiro atoms. The van der Waals surface area contributed by atoms with Crippen LogP contribution >= 0.6 is 0 Å². The number of likely N-dealkylation sites (tertiary alicyclic amines) is 1. The first-order valence-corrected chi connectivity index (χ1v) is 25.4. The molecule has 6 heterocycles. The van der Waals surface area contributed by atoms with Gasteiger partial charge >= 0.3 is 0 Å². The highest BCUT2D eigenvalue weighted by molar-refractivity contribution is 5.88. The summed E-state index contributed by atoms with van der Waals surface area (Å²) in [4.78, 5) is 13.7. The summed E-state index contributed by atoms with van der Waals surface area (Å²) in [6, 6.07) is 14.5. The van der Waals surface area contributed by atoms with Crippen molar-refractivity contribution in [2.45, 2.75) is 150 Å². The van der Waals surface area contributed by atoms with Gasteiger partial charge in [-0.1, -0.05) is 57.2 Å². The number of fused-ring (bicyclic) bond motifs is 2. The van der Waals surface area contributed by atoms with Crippen molar-refractivity contribution >= 4 is 51.1 Å². The van der Waals surface area contributed by atoms with E-state index in [9.17, 15) is 0 Å². The fraction of sp³-hybridized carbons (Fsp3) is 0.491. The third-order valence-corrected chi connectivity index (χ3v) is 15.3. The van der Waals surface area contributed by atoms with Crippen LogP contribution in [0, 0.1) is 32.6 Å². The maximum atomic E-state index is 5.44. The van der Waals surface area contributed by atoms with Crippen LogP contribution in [0.4, 0.5) is 11.9 Å². The molecule has 12 heteroatoms. The lowest BCUT2D eigenvalue weighted by Gasteiger charge is -2.38. The third kappa shape index (κ3) is 9.26. The summed E-state index contributed by atoms with van der Waals surface area (Å²) < 4.78 is 8.76. The summed E-state index contributed by atoms with van der Waals surface area (Å²) >= 11 is 0. The SMILES string of the molecule is C=C(NC1CCCCC1)c1cc2c3c(c1)nc(NC(=C)c1cc(C)nn1CC)n3C/C=C/Cn1c(NC(=C)c3cc(C)nn3CC)nc3cc(C)cc(c31)CCC(N1CC3CCC(C3)C1)CC2. The number of allylic oxidation sites excluding steroid dienone is 2. The Bertz CT molecular complexity index is 2840. The summed E-state index contributed by atoms with van der Waals surface area (Å²) in [6.07, 6.45) is 19.0. The standard InChI is InChI=1S/C55H72N12/c1-9-66-50(28-36(4)61-66)39(7)57-54-59-48-27-35(3)26-43-20-22-47(63-33-41-18-19-42(30-41)34-63)23-21-44-31-45(38(6)56-46-16-12-11-13-17-46)32-49-53(44)65(25-15-14-24-64(54)52(43)48)55(60-49)58-40(8)51-29-37(5)62-67(51)10-2/h14-15,26-29,31-32,41-42,46-47,56H,6-13,16-25,30,33-34H2,1-5H3,(H,57,59)(H,58,60)/b15-14+. The molecule has 4 aromatic heterocycles. The first-order chi connectivity index (χ1) is 32.5. The second kappa shape index (κ2) is 19.0. The van der Waals surface area contributed by atoms with Gasteiger partial charge in [-0.3, -0.25) is 14.3 Å². The number of hydrogen-bond donors (Lipinski definition) is 3. The van der Waals surface area contributed by atoms with Crippen molar-refractivity contribution in [1.82, 2.24) is 48.9 Å². The molecule has 4 aliphatic rings. The van der Waals surface area contributed by atoms with Crippen molar-refractivity contribution in [3.05, 3.63) is 113 Å². The molecule has 67 heavy (non-hydrogen) atoms. The van der Waals surface area contributed by atoms with Crippen LogP contribution in [-0.4, -0.2) is 68.7 Å². The monoisotopic (exact) mass is 901 g/mol. The Morgan fingerprint density at radius 3 is 1.72 bits per heavy atom. The highest BCUT2D eigenvalue weighted by Gasteiger charge is 2.36. The maximum Gasteiger partial charge on any atom is 0.208 e. The minimum atomic E-state index is 0.433. The molecule has 2 aliphatic carbocycles. The number of benzene rings is 2. The average molecular weight is 901 g/mol. The van der Waals surface area contributed by atoms with Crippen LogP contribution in [0.1, 0.15) is 123 Å². The van der Waals surface area contributed by atoms with Gasteiger partial charge in [-0.2, -0.15) is 10.2 Å². The lowest BCUT2D eigenvalue weighted by atomic mass is 9.91. The first-order valence-electron chi connectivity index (χ1n) is 25.4. The van der Waals surface area contributed by atoms with E-state index in [-0.39, 0.29) is 0 Å². The van der Waals surface area contributed by atoms with Crippen LogP contribution in [0.15, 0.2) is 68.3 Å². The highest BCUT2D eigenvalue weighted by Crippen LogP contribution is 2.39. The van der Waals surface area contributed by atoms with Crippen molar-refractivity contribution in [3.8, 4) is 0 Å². The number of anilines is 2. The molecule has 10 rings (SSSR count). The molecule has 2 saturated carbocycles. The Balaban J connectivity index is 1.09. The van der Waals surface area contributed by atoms with Crippen molar-refractivity contribution in [2.24, 2.45) is 11.8 Å². The van der Waals surface area contributed by atoms with Crippen LogP contribution in [0.2, 0.25) is 0 Å². The first kappa shape index (κ1) is 44.9. The molecule has 1 saturated heterocycles. The lowest BCUT2D eigenvalue weighted by molar-refractivity contribution is 0.106. The Labute approximate surface area is 397 Å². The molecule has 3 fully saturated rings. The van der Waals surface area contributed by atoms with E-state index >= 15 is 0 Å². The van der Waals surface area contributed by atoms with Crippen molar-refractivity contribution < 1.29 is 0 Å². The number of aryl methyl sites for hydroxylation is 7. The third-order valence-electron chi connectivity index (χ3n) is 15.3. The molecule has 0 amide bonds.